The number of benzene rings is 2. The summed E-state index contributed by atoms with van der Waals surface area (Å²) < 4.78 is 0. The van der Waals surface area contributed by atoms with E-state index in [1.165, 1.54) is 23.3 Å². The van der Waals surface area contributed by atoms with Crippen molar-refractivity contribution in [2.24, 2.45) is 0 Å². The van der Waals surface area contributed by atoms with Crippen molar-refractivity contribution in [3.05, 3.63) is 65.7 Å². The molecule has 1 saturated carbocycles. The number of carbonyl (C=O) groups excluding carboxylic acids is 2. The molecule has 0 heterocycles. The number of rotatable bonds is 10. The molecule has 3 rings (SSSR count). The highest BCUT2D eigenvalue weighted by Gasteiger charge is 2.30. The summed E-state index contributed by atoms with van der Waals surface area (Å²) in [5.41, 5.74) is 2.28. The van der Waals surface area contributed by atoms with Gasteiger partial charge >= 0.3 is 0 Å². The normalized spacial score (nSPS) is 14.9. The number of thioether (sulfide) groups is 1. The molecule has 4 nitrogen and oxygen atoms in total. The molecule has 166 valence electrons. The summed E-state index contributed by atoms with van der Waals surface area (Å²) in [7, 11) is 0. The van der Waals surface area contributed by atoms with E-state index in [9.17, 15) is 9.59 Å². The fourth-order valence-electron chi connectivity index (χ4n) is 4.10. The highest BCUT2D eigenvalue weighted by Crippen LogP contribution is 2.22. The molecule has 2 aromatic rings. The van der Waals surface area contributed by atoms with Gasteiger partial charge in [-0.1, -0.05) is 67.8 Å². The van der Waals surface area contributed by atoms with Crippen molar-refractivity contribution in [2.45, 2.75) is 75.9 Å². The predicted molar refractivity (Wildman–Crippen MR) is 128 cm³/mol. The largest absolute Gasteiger partial charge is 0.352 e. The molecule has 0 aliphatic heterocycles. The predicted octanol–water partition coefficient (Wildman–Crippen LogP) is 5.34. The van der Waals surface area contributed by atoms with Crippen LogP contribution in [0.5, 0.6) is 0 Å². The van der Waals surface area contributed by atoms with Crippen molar-refractivity contribution in [2.75, 3.05) is 5.75 Å². The molecule has 1 fully saturated rings. The molecular formula is C26H34N2O2S. The molecule has 0 bridgehead atoms. The molecule has 2 aromatic carbocycles. The van der Waals surface area contributed by atoms with Gasteiger partial charge in [-0.05, 0) is 43.9 Å². The average molecular weight is 439 g/mol. The number of aryl methyl sites for hydroxylation is 1. The molecule has 1 aliphatic carbocycles. The van der Waals surface area contributed by atoms with Gasteiger partial charge in [0.1, 0.15) is 6.04 Å². The summed E-state index contributed by atoms with van der Waals surface area (Å²) in [5.74, 6) is 0.732. The lowest BCUT2D eigenvalue weighted by Crippen LogP contribution is -2.51. The summed E-state index contributed by atoms with van der Waals surface area (Å²) in [6.07, 6.45) is 5.46. The molecule has 0 aromatic heterocycles. The lowest BCUT2D eigenvalue weighted by atomic mass is 10.1. The van der Waals surface area contributed by atoms with E-state index in [1.807, 2.05) is 37.3 Å². The summed E-state index contributed by atoms with van der Waals surface area (Å²) in [5, 5.41) is 3.20. The second-order valence-corrected chi connectivity index (χ2v) is 9.50. The SMILES string of the molecule is CC[C@@H](C(=O)NC1CCCC1)N(Cc1ccccc1)C(=O)CCSc1ccc(C)cc1. The van der Waals surface area contributed by atoms with Crippen molar-refractivity contribution in [1.82, 2.24) is 10.2 Å². The van der Waals surface area contributed by atoms with E-state index in [-0.39, 0.29) is 17.9 Å². The van der Waals surface area contributed by atoms with Crippen LogP contribution in [-0.4, -0.2) is 34.6 Å². The van der Waals surface area contributed by atoms with E-state index in [4.69, 9.17) is 0 Å². The molecule has 1 aliphatic rings. The highest BCUT2D eigenvalue weighted by molar-refractivity contribution is 7.99. The number of nitrogens with one attached hydrogen (secondary N) is 1. The Balaban J connectivity index is 1.66. The van der Waals surface area contributed by atoms with Crippen LogP contribution in [-0.2, 0) is 16.1 Å². The standard InChI is InChI=1S/C26H34N2O2S/c1-3-24(26(30)27-22-11-7-8-12-22)28(19-21-9-5-4-6-10-21)25(29)17-18-31-23-15-13-20(2)14-16-23/h4-6,9-10,13-16,22,24H,3,7-8,11-12,17-19H2,1-2H3,(H,27,30)/t24-/m0/s1. The molecule has 0 spiro atoms. The summed E-state index contributed by atoms with van der Waals surface area (Å²) in [6.45, 7) is 4.53. The Morgan fingerprint density at radius 1 is 1.06 bits per heavy atom. The monoisotopic (exact) mass is 438 g/mol. The van der Waals surface area contributed by atoms with Gasteiger partial charge in [0, 0.05) is 29.7 Å². The van der Waals surface area contributed by atoms with Crippen LogP contribution in [0.3, 0.4) is 0 Å². The lowest BCUT2D eigenvalue weighted by molar-refractivity contribution is -0.141. The molecule has 5 heteroatoms. The quantitative estimate of drug-likeness (QED) is 0.509. The van der Waals surface area contributed by atoms with Crippen molar-refractivity contribution < 1.29 is 9.59 Å². The Hall–Kier alpha value is -2.27. The van der Waals surface area contributed by atoms with Crippen LogP contribution >= 0.6 is 11.8 Å². The Morgan fingerprint density at radius 3 is 2.39 bits per heavy atom. The Morgan fingerprint density at radius 2 is 1.74 bits per heavy atom. The summed E-state index contributed by atoms with van der Waals surface area (Å²) in [6, 6.07) is 18.1. The van der Waals surface area contributed by atoms with Gasteiger partial charge in [-0.25, -0.2) is 0 Å². The molecule has 1 atom stereocenters. The van der Waals surface area contributed by atoms with Gasteiger partial charge in [-0.15, -0.1) is 11.8 Å². The minimum atomic E-state index is -0.433. The number of carbonyl (C=O) groups is 2. The van der Waals surface area contributed by atoms with E-state index in [0.717, 1.165) is 18.4 Å². The lowest BCUT2D eigenvalue weighted by Gasteiger charge is -2.31. The highest BCUT2D eigenvalue weighted by atomic mass is 32.2. The number of hydrogen-bond acceptors (Lipinski definition) is 3. The minimum absolute atomic E-state index is 0.00938. The molecule has 0 saturated heterocycles. The first-order chi connectivity index (χ1) is 15.1. The van der Waals surface area contributed by atoms with Crippen molar-refractivity contribution in [1.29, 1.82) is 0 Å². The van der Waals surface area contributed by atoms with Gasteiger partial charge < -0.3 is 10.2 Å². The third-order valence-corrected chi connectivity index (χ3v) is 6.90. The Kier molecular flexibility index (Phi) is 9.01. The van der Waals surface area contributed by atoms with Crippen molar-refractivity contribution in [3.63, 3.8) is 0 Å². The van der Waals surface area contributed by atoms with Gasteiger partial charge in [-0.2, -0.15) is 0 Å². The second-order valence-electron chi connectivity index (χ2n) is 8.33. The maximum atomic E-state index is 13.3. The first kappa shape index (κ1) is 23.4. The maximum Gasteiger partial charge on any atom is 0.243 e. The molecule has 0 radical (unpaired) electrons. The Bertz CT molecular complexity index is 832. The van der Waals surface area contributed by atoms with E-state index < -0.39 is 6.04 Å². The third-order valence-electron chi connectivity index (χ3n) is 5.89. The van der Waals surface area contributed by atoms with Crippen molar-refractivity contribution >= 4 is 23.6 Å². The fraction of sp³-hybridized carbons (Fsp3) is 0.462. The van der Waals surface area contributed by atoms with Crippen LogP contribution in [0, 0.1) is 6.92 Å². The zero-order valence-corrected chi connectivity index (χ0v) is 19.5. The number of amides is 2. The molecule has 0 unspecified atom stereocenters. The Labute approximate surface area is 190 Å². The maximum absolute atomic E-state index is 13.3. The number of nitrogens with zero attached hydrogens (tertiary/aromatic N) is 1. The number of hydrogen-bond donors (Lipinski definition) is 1. The van der Waals surface area contributed by atoms with E-state index in [0.29, 0.717) is 25.1 Å². The van der Waals surface area contributed by atoms with E-state index >= 15 is 0 Å². The zero-order valence-electron chi connectivity index (χ0n) is 18.7. The molecule has 31 heavy (non-hydrogen) atoms. The van der Waals surface area contributed by atoms with Crippen LogP contribution in [0.2, 0.25) is 0 Å². The zero-order chi connectivity index (χ0) is 22.1. The van der Waals surface area contributed by atoms with Gasteiger partial charge in [0.25, 0.3) is 0 Å². The van der Waals surface area contributed by atoms with Crippen LogP contribution in [0.25, 0.3) is 0 Å². The van der Waals surface area contributed by atoms with Crippen LogP contribution in [0.4, 0.5) is 0 Å². The van der Waals surface area contributed by atoms with E-state index in [2.05, 4.69) is 36.5 Å². The first-order valence-electron chi connectivity index (χ1n) is 11.4. The van der Waals surface area contributed by atoms with Crippen molar-refractivity contribution in [3.8, 4) is 0 Å². The fourth-order valence-corrected chi connectivity index (χ4v) is 4.94. The molecular weight excluding hydrogens is 404 g/mol. The van der Waals surface area contributed by atoms with Crippen LogP contribution < -0.4 is 5.32 Å². The first-order valence-corrected chi connectivity index (χ1v) is 12.4. The third kappa shape index (κ3) is 7.13. The van der Waals surface area contributed by atoms with Gasteiger partial charge in [-0.3, -0.25) is 9.59 Å². The average Bonchev–Trinajstić information content (AvgIpc) is 3.28. The smallest absolute Gasteiger partial charge is 0.243 e. The van der Waals surface area contributed by atoms with Gasteiger partial charge in [0.05, 0.1) is 0 Å². The van der Waals surface area contributed by atoms with E-state index in [1.54, 1.807) is 16.7 Å². The summed E-state index contributed by atoms with van der Waals surface area (Å²) >= 11 is 1.69. The second kappa shape index (κ2) is 11.9. The van der Waals surface area contributed by atoms with Gasteiger partial charge in [0.2, 0.25) is 11.8 Å². The van der Waals surface area contributed by atoms with Gasteiger partial charge in [0.15, 0.2) is 0 Å². The van der Waals surface area contributed by atoms with Crippen LogP contribution in [0.1, 0.15) is 56.6 Å². The summed E-state index contributed by atoms with van der Waals surface area (Å²) in [4.78, 5) is 29.3. The minimum Gasteiger partial charge on any atom is -0.352 e. The topological polar surface area (TPSA) is 49.4 Å². The molecule has 1 N–H and O–H groups in total. The molecule has 2 amide bonds. The van der Waals surface area contributed by atoms with Crippen LogP contribution in [0.15, 0.2) is 59.5 Å².